The minimum atomic E-state index is -3.60. The van der Waals surface area contributed by atoms with Gasteiger partial charge in [-0.05, 0) is 43.2 Å². The Morgan fingerprint density at radius 1 is 1.11 bits per heavy atom. The van der Waals surface area contributed by atoms with Gasteiger partial charge >= 0.3 is 0 Å². The Morgan fingerprint density at radius 3 is 2.49 bits per heavy atom. The quantitative estimate of drug-likeness (QED) is 0.415. The third-order valence-corrected chi connectivity index (χ3v) is 8.51. The summed E-state index contributed by atoms with van der Waals surface area (Å²) in [6.07, 6.45) is 0.846. The van der Waals surface area contributed by atoms with E-state index in [0.29, 0.717) is 37.1 Å². The summed E-state index contributed by atoms with van der Waals surface area (Å²) in [7, 11) is -3.60. The number of anilines is 2. The number of nitrogens with two attached hydrogens (primary N) is 1. The molecule has 1 unspecified atom stereocenters. The number of nitrogens with zero attached hydrogens (tertiary/aromatic N) is 4. The van der Waals surface area contributed by atoms with Crippen LogP contribution in [0.15, 0.2) is 64.6 Å². The van der Waals surface area contributed by atoms with E-state index < -0.39 is 16.1 Å². The molecule has 12 heteroatoms. The van der Waals surface area contributed by atoms with Crippen molar-refractivity contribution >= 4 is 39.3 Å². The third kappa shape index (κ3) is 6.01. The molecule has 10 nitrogen and oxygen atoms in total. The number of hydrogen-bond donors (Lipinski definition) is 2. The number of carbonyl (C=O) groups excluding carboxylic acids is 1. The molecule has 1 atom stereocenters. The van der Waals surface area contributed by atoms with Crippen LogP contribution in [0.2, 0.25) is 0 Å². The fraction of sp³-hybridized carbons (Fsp3) is 0.348. The molecule has 2 heterocycles. The zero-order chi connectivity index (χ0) is 24.8. The Morgan fingerprint density at radius 2 is 1.80 bits per heavy atom. The third-order valence-electron chi connectivity index (χ3n) is 5.65. The highest BCUT2D eigenvalue weighted by molar-refractivity contribution is 7.99. The fourth-order valence-corrected chi connectivity index (χ4v) is 6.08. The van der Waals surface area contributed by atoms with E-state index in [1.807, 2.05) is 18.2 Å². The van der Waals surface area contributed by atoms with Crippen molar-refractivity contribution in [3.63, 3.8) is 0 Å². The Balaban J connectivity index is 1.39. The molecule has 3 aromatic rings. The van der Waals surface area contributed by atoms with Gasteiger partial charge in [-0.2, -0.15) is 4.31 Å². The lowest BCUT2D eigenvalue weighted by atomic mass is 10.2. The summed E-state index contributed by atoms with van der Waals surface area (Å²) in [5, 5.41) is 11.5. The van der Waals surface area contributed by atoms with Crippen molar-refractivity contribution in [2.75, 3.05) is 43.1 Å². The van der Waals surface area contributed by atoms with Crippen molar-refractivity contribution in [2.24, 2.45) is 0 Å². The zero-order valence-corrected chi connectivity index (χ0v) is 21.0. The molecule has 0 spiro atoms. The number of sulfonamides is 1. The lowest BCUT2D eigenvalue weighted by Crippen LogP contribution is -2.40. The van der Waals surface area contributed by atoms with E-state index in [-0.39, 0.29) is 16.8 Å². The lowest BCUT2D eigenvalue weighted by Gasteiger charge is -2.26. The second kappa shape index (κ2) is 11.2. The van der Waals surface area contributed by atoms with Gasteiger partial charge in [0.25, 0.3) is 0 Å². The van der Waals surface area contributed by atoms with Crippen LogP contribution < -0.4 is 11.1 Å². The summed E-state index contributed by atoms with van der Waals surface area (Å²) in [6.45, 7) is 3.12. The first-order valence-electron chi connectivity index (χ1n) is 11.2. The number of aromatic nitrogens is 3. The molecule has 1 aliphatic rings. The molecular weight excluding hydrogens is 488 g/mol. The average molecular weight is 517 g/mol. The van der Waals surface area contributed by atoms with Gasteiger partial charge < -0.3 is 15.8 Å². The first kappa shape index (κ1) is 25.2. The summed E-state index contributed by atoms with van der Waals surface area (Å²) < 4.78 is 33.8. The van der Waals surface area contributed by atoms with Gasteiger partial charge in [-0.25, -0.2) is 8.42 Å². The molecule has 3 N–H and O–H groups in total. The molecule has 4 rings (SSSR count). The van der Waals surface area contributed by atoms with E-state index in [0.717, 1.165) is 12.2 Å². The van der Waals surface area contributed by atoms with Crippen LogP contribution in [0.4, 0.5) is 11.6 Å². The molecule has 0 radical (unpaired) electrons. The summed E-state index contributed by atoms with van der Waals surface area (Å²) >= 11 is 1.48. The van der Waals surface area contributed by atoms with Crippen LogP contribution in [-0.2, 0) is 26.0 Å². The standard InChI is InChI=1S/C23H28N6O4S2/c1-17(29-22(24)26-27-23(29)34-16-11-18-5-3-2-4-6-18)21(30)25-19-7-9-20(10-8-19)35(31,32)28-12-14-33-15-13-28/h2-10,17H,11-16H2,1H3,(H2,24,26)(H,25,30). The van der Waals surface area contributed by atoms with Gasteiger partial charge in [0.2, 0.25) is 21.9 Å². The van der Waals surface area contributed by atoms with Gasteiger partial charge in [0.1, 0.15) is 6.04 Å². The predicted octanol–water partition coefficient (Wildman–Crippen LogP) is 2.42. The van der Waals surface area contributed by atoms with Gasteiger partial charge in [-0.3, -0.25) is 9.36 Å². The van der Waals surface area contributed by atoms with Gasteiger partial charge in [0.05, 0.1) is 18.1 Å². The maximum Gasteiger partial charge on any atom is 0.247 e. The number of morpholine rings is 1. The van der Waals surface area contributed by atoms with Gasteiger partial charge in [0, 0.05) is 24.5 Å². The Bertz CT molecular complexity index is 1240. The first-order valence-corrected chi connectivity index (χ1v) is 13.6. The summed E-state index contributed by atoms with van der Waals surface area (Å²) in [6, 6.07) is 15.6. The van der Waals surface area contributed by atoms with Crippen LogP contribution in [0, 0.1) is 0 Å². The molecule has 1 aliphatic heterocycles. The largest absolute Gasteiger partial charge is 0.379 e. The smallest absolute Gasteiger partial charge is 0.247 e. The van der Waals surface area contributed by atoms with Gasteiger partial charge in [-0.1, -0.05) is 42.1 Å². The molecule has 1 fully saturated rings. The molecule has 1 amide bonds. The fourth-order valence-electron chi connectivity index (χ4n) is 3.67. The Kier molecular flexibility index (Phi) is 8.06. The first-order chi connectivity index (χ1) is 16.9. The number of carbonyl (C=O) groups is 1. The highest BCUT2D eigenvalue weighted by Crippen LogP contribution is 2.25. The highest BCUT2D eigenvalue weighted by atomic mass is 32.2. The van der Waals surface area contributed by atoms with Crippen LogP contribution in [0.3, 0.4) is 0 Å². The molecule has 2 aromatic carbocycles. The normalized spacial score (nSPS) is 15.6. The van der Waals surface area contributed by atoms with Crippen LogP contribution in [0.5, 0.6) is 0 Å². The molecule has 35 heavy (non-hydrogen) atoms. The van der Waals surface area contributed by atoms with E-state index in [1.54, 1.807) is 23.6 Å². The predicted molar refractivity (Wildman–Crippen MR) is 135 cm³/mol. The van der Waals surface area contributed by atoms with Gasteiger partial charge in [-0.15, -0.1) is 10.2 Å². The van der Waals surface area contributed by atoms with Crippen LogP contribution in [0.25, 0.3) is 0 Å². The highest BCUT2D eigenvalue weighted by Gasteiger charge is 2.26. The minimum absolute atomic E-state index is 0.154. The monoisotopic (exact) mass is 516 g/mol. The van der Waals surface area contributed by atoms with Crippen molar-refractivity contribution in [2.45, 2.75) is 29.4 Å². The zero-order valence-electron chi connectivity index (χ0n) is 19.3. The SMILES string of the molecule is CC(C(=O)Nc1ccc(S(=O)(=O)N2CCOCC2)cc1)n1c(N)nnc1SCCc1ccccc1. The summed E-state index contributed by atoms with van der Waals surface area (Å²) in [5.41, 5.74) is 7.70. The maximum absolute atomic E-state index is 12.9. The molecule has 186 valence electrons. The molecule has 1 aromatic heterocycles. The lowest BCUT2D eigenvalue weighted by molar-refractivity contribution is -0.118. The van der Waals surface area contributed by atoms with Crippen molar-refractivity contribution in [1.29, 1.82) is 0 Å². The van der Waals surface area contributed by atoms with Crippen molar-refractivity contribution in [3.8, 4) is 0 Å². The number of nitrogen functional groups attached to an aromatic ring is 1. The topological polar surface area (TPSA) is 132 Å². The van der Waals surface area contributed by atoms with E-state index in [1.165, 1.54) is 33.8 Å². The number of thioether (sulfide) groups is 1. The number of ether oxygens (including phenoxy) is 1. The van der Waals surface area contributed by atoms with Crippen LogP contribution in [0.1, 0.15) is 18.5 Å². The minimum Gasteiger partial charge on any atom is -0.379 e. The van der Waals surface area contributed by atoms with Crippen molar-refractivity contribution < 1.29 is 17.9 Å². The number of rotatable bonds is 9. The molecule has 0 bridgehead atoms. The van der Waals surface area contributed by atoms with E-state index >= 15 is 0 Å². The number of hydrogen-bond acceptors (Lipinski definition) is 8. The average Bonchev–Trinajstić information content (AvgIpc) is 3.25. The molecule has 1 saturated heterocycles. The van der Waals surface area contributed by atoms with Crippen LogP contribution in [-0.4, -0.2) is 65.5 Å². The van der Waals surface area contributed by atoms with E-state index in [9.17, 15) is 13.2 Å². The number of nitrogens with one attached hydrogen (secondary N) is 1. The summed E-state index contributed by atoms with van der Waals surface area (Å²) in [5.74, 6) is 0.599. The molecule has 0 saturated carbocycles. The number of aryl methyl sites for hydroxylation is 1. The summed E-state index contributed by atoms with van der Waals surface area (Å²) in [4.78, 5) is 13.1. The van der Waals surface area contributed by atoms with Crippen LogP contribution >= 0.6 is 11.8 Å². The molecular formula is C23H28N6O4S2. The van der Waals surface area contributed by atoms with E-state index in [4.69, 9.17) is 10.5 Å². The van der Waals surface area contributed by atoms with E-state index in [2.05, 4.69) is 27.6 Å². The second-order valence-electron chi connectivity index (χ2n) is 8.00. The van der Waals surface area contributed by atoms with Crippen molar-refractivity contribution in [3.05, 3.63) is 60.2 Å². The van der Waals surface area contributed by atoms with Crippen molar-refractivity contribution in [1.82, 2.24) is 19.1 Å². The second-order valence-corrected chi connectivity index (χ2v) is 11.0. The Labute approximate surface area is 208 Å². The van der Waals surface area contributed by atoms with Gasteiger partial charge in [0.15, 0.2) is 5.16 Å². The molecule has 0 aliphatic carbocycles. The number of amides is 1. The Hall–Kier alpha value is -2.93. The maximum atomic E-state index is 12.9. The number of benzene rings is 2.